The minimum absolute atomic E-state index is 0. The maximum atomic E-state index is 12.6. The quantitative estimate of drug-likeness (QED) is 0.806. The Labute approximate surface area is 145 Å². The summed E-state index contributed by atoms with van der Waals surface area (Å²) in [5.41, 5.74) is 6.72. The van der Waals surface area contributed by atoms with Crippen molar-refractivity contribution in [1.29, 1.82) is 0 Å². The Bertz CT molecular complexity index is 476. The van der Waals surface area contributed by atoms with Crippen molar-refractivity contribution in [2.45, 2.75) is 45.6 Å². The molecule has 2 unspecified atom stereocenters. The van der Waals surface area contributed by atoms with Crippen LogP contribution in [0.4, 0.5) is 0 Å². The summed E-state index contributed by atoms with van der Waals surface area (Å²) in [6.07, 6.45) is 4.32. The topological polar surface area (TPSA) is 55.6 Å². The van der Waals surface area contributed by atoms with E-state index in [4.69, 9.17) is 10.5 Å². The molecule has 130 valence electrons. The van der Waals surface area contributed by atoms with Gasteiger partial charge in [0.05, 0.1) is 6.61 Å². The van der Waals surface area contributed by atoms with Crippen LogP contribution in [0.15, 0.2) is 24.3 Å². The molecule has 0 spiro atoms. The molecule has 4 nitrogen and oxygen atoms in total. The van der Waals surface area contributed by atoms with Crippen LogP contribution in [0.25, 0.3) is 0 Å². The number of nitrogens with two attached hydrogens (primary N) is 1. The molecule has 0 bridgehead atoms. The smallest absolute Gasteiger partial charge is 0.253 e. The SMILES string of the molecule is CCCCOc1ccc(C(=O)N2CCCC(C(C)N)C2)cc1.Cl. The number of carbonyl (C=O) groups excluding carboxylic acids is 1. The molecule has 1 aliphatic heterocycles. The molecule has 2 N–H and O–H groups in total. The van der Waals surface area contributed by atoms with E-state index in [1.54, 1.807) is 0 Å². The van der Waals surface area contributed by atoms with Crippen LogP contribution < -0.4 is 10.5 Å². The number of halogens is 1. The van der Waals surface area contributed by atoms with Gasteiger partial charge in [0.1, 0.15) is 5.75 Å². The number of amides is 1. The molecular weight excluding hydrogens is 312 g/mol. The highest BCUT2D eigenvalue weighted by Gasteiger charge is 2.26. The van der Waals surface area contributed by atoms with Crippen LogP contribution in [0.2, 0.25) is 0 Å². The molecule has 1 aromatic carbocycles. The predicted octanol–water partition coefficient (Wildman–Crippen LogP) is 3.49. The zero-order chi connectivity index (χ0) is 15.9. The Morgan fingerprint density at radius 3 is 2.70 bits per heavy atom. The normalized spacial score (nSPS) is 18.9. The number of hydrogen-bond donors (Lipinski definition) is 1. The van der Waals surface area contributed by atoms with E-state index >= 15 is 0 Å². The molecule has 2 rings (SSSR count). The van der Waals surface area contributed by atoms with E-state index in [1.807, 2.05) is 36.1 Å². The Hall–Kier alpha value is -1.26. The lowest BCUT2D eigenvalue weighted by atomic mass is 9.92. The first-order chi connectivity index (χ1) is 10.6. The Balaban J connectivity index is 0.00000264. The van der Waals surface area contributed by atoms with Crippen LogP contribution in [0.5, 0.6) is 5.75 Å². The van der Waals surface area contributed by atoms with Gasteiger partial charge in [0.2, 0.25) is 0 Å². The Morgan fingerprint density at radius 2 is 2.09 bits per heavy atom. The van der Waals surface area contributed by atoms with E-state index in [9.17, 15) is 4.79 Å². The average molecular weight is 341 g/mol. The van der Waals surface area contributed by atoms with Gasteiger partial charge in [-0.25, -0.2) is 0 Å². The number of benzene rings is 1. The van der Waals surface area contributed by atoms with Crippen LogP contribution in [-0.4, -0.2) is 36.5 Å². The van der Waals surface area contributed by atoms with Gasteiger partial charge in [0.25, 0.3) is 5.91 Å². The largest absolute Gasteiger partial charge is 0.494 e. The molecule has 1 aromatic rings. The summed E-state index contributed by atoms with van der Waals surface area (Å²) in [7, 11) is 0. The van der Waals surface area contributed by atoms with Crippen LogP contribution in [0.1, 0.15) is 49.9 Å². The maximum absolute atomic E-state index is 12.6. The molecule has 1 saturated heterocycles. The first-order valence-electron chi connectivity index (χ1n) is 8.39. The fourth-order valence-electron chi connectivity index (χ4n) is 2.83. The number of hydrogen-bond acceptors (Lipinski definition) is 3. The molecule has 0 aromatic heterocycles. The van der Waals surface area contributed by atoms with Gasteiger partial charge in [0, 0.05) is 24.7 Å². The number of unbranched alkanes of at least 4 members (excludes halogenated alkanes) is 1. The summed E-state index contributed by atoms with van der Waals surface area (Å²) in [4.78, 5) is 14.5. The van der Waals surface area contributed by atoms with Gasteiger partial charge in [-0.1, -0.05) is 13.3 Å². The molecule has 0 radical (unpaired) electrons. The van der Waals surface area contributed by atoms with Crippen molar-refractivity contribution in [2.24, 2.45) is 11.7 Å². The number of likely N-dealkylation sites (tertiary alicyclic amines) is 1. The van der Waals surface area contributed by atoms with E-state index in [-0.39, 0.29) is 24.4 Å². The fraction of sp³-hybridized carbons (Fsp3) is 0.611. The van der Waals surface area contributed by atoms with Crippen molar-refractivity contribution < 1.29 is 9.53 Å². The highest BCUT2D eigenvalue weighted by atomic mass is 35.5. The highest BCUT2D eigenvalue weighted by molar-refractivity contribution is 5.94. The van der Waals surface area contributed by atoms with Crippen LogP contribution in [0.3, 0.4) is 0 Å². The summed E-state index contributed by atoms with van der Waals surface area (Å²) < 4.78 is 5.63. The maximum Gasteiger partial charge on any atom is 0.253 e. The van der Waals surface area contributed by atoms with Crippen molar-refractivity contribution >= 4 is 18.3 Å². The van der Waals surface area contributed by atoms with Crippen molar-refractivity contribution in [2.75, 3.05) is 19.7 Å². The molecule has 1 aliphatic rings. The monoisotopic (exact) mass is 340 g/mol. The third kappa shape index (κ3) is 5.70. The summed E-state index contributed by atoms with van der Waals surface area (Å²) in [5.74, 6) is 1.34. The summed E-state index contributed by atoms with van der Waals surface area (Å²) in [5, 5.41) is 0. The number of nitrogens with zero attached hydrogens (tertiary/aromatic N) is 1. The lowest BCUT2D eigenvalue weighted by Crippen LogP contribution is -2.45. The van der Waals surface area contributed by atoms with Gasteiger partial charge >= 0.3 is 0 Å². The van der Waals surface area contributed by atoms with E-state index in [2.05, 4.69) is 6.92 Å². The van der Waals surface area contributed by atoms with Gasteiger partial charge in [-0.05, 0) is 56.4 Å². The highest BCUT2D eigenvalue weighted by Crippen LogP contribution is 2.21. The molecule has 1 amide bonds. The van der Waals surface area contributed by atoms with Gasteiger partial charge in [-0.2, -0.15) is 0 Å². The number of carbonyl (C=O) groups is 1. The van der Waals surface area contributed by atoms with Gasteiger partial charge in [-0.3, -0.25) is 4.79 Å². The van der Waals surface area contributed by atoms with E-state index < -0.39 is 0 Å². The number of ether oxygens (including phenoxy) is 1. The zero-order valence-electron chi connectivity index (χ0n) is 14.2. The molecule has 2 atom stereocenters. The second-order valence-electron chi connectivity index (χ2n) is 6.24. The second-order valence-corrected chi connectivity index (χ2v) is 6.24. The standard InChI is InChI=1S/C18H28N2O2.ClH/c1-3-4-12-22-17-9-7-15(8-10-17)18(21)20-11-5-6-16(13-20)14(2)19;/h7-10,14,16H,3-6,11-13,19H2,1-2H3;1H. The lowest BCUT2D eigenvalue weighted by molar-refractivity contribution is 0.0661. The number of rotatable bonds is 6. The molecule has 1 heterocycles. The van der Waals surface area contributed by atoms with E-state index in [0.717, 1.165) is 56.7 Å². The van der Waals surface area contributed by atoms with E-state index in [0.29, 0.717) is 5.92 Å². The average Bonchev–Trinajstić information content (AvgIpc) is 2.55. The van der Waals surface area contributed by atoms with Crippen molar-refractivity contribution in [3.05, 3.63) is 29.8 Å². The van der Waals surface area contributed by atoms with Gasteiger partial charge in [-0.15, -0.1) is 12.4 Å². The minimum Gasteiger partial charge on any atom is -0.494 e. The van der Waals surface area contributed by atoms with Crippen LogP contribution in [-0.2, 0) is 0 Å². The Morgan fingerprint density at radius 1 is 1.39 bits per heavy atom. The summed E-state index contributed by atoms with van der Waals surface area (Å²) >= 11 is 0. The first kappa shape index (κ1) is 19.8. The molecule has 0 saturated carbocycles. The number of piperidine rings is 1. The molecule has 0 aliphatic carbocycles. The zero-order valence-corrected chi connectivity index (χ0v) is 15.0. The van der Waals surface area contributed by atoms with Gasteiger partial charge < -0.3 is 15.4 Å². The fourth-order valence-corrected chi connectivity index (χ4v) is 2.83. The summed E-state index contributed by atoms with van der Waals surface area (Å²) in [6, 6.07) is 7.63. The predicted molar refractivity (Wildman–Crippen MR) is 96.4 cm³/mol. The van der Waals surface area contributed by atoms with Crippen molar-refractivity contribution in [3.63, 3.8) is 0 Å². The molecule has 23 heavy (non-hydrogen) atoms. The van der Waals surface area contributed by atoms with Gasteiger partial charge in [0.15, 0.2) is 0 Å². The minimum atomic E-state index is 0. The van der Waals surface area contributed by atoms with Crippen molar-refractivity contribution in [3.8, 4) is 5.75 Å². The Kier molecular flexibility index (Phi) is 8.42. The van der Waals surface area contributed by atoms with E-state index in [1.165, 1.54) is 0 Å². The second kappa shape index (κ2) is 9.78. The molecular formula is C18H29ClN2O2. The van der Waals surface area contributed by atoms with Crippen molar-refractivity contribution in [1.82, 2.24) is 4.90 Å². The molecule has 5 heteroatoms. The third-order valence-electron chi connectivity index (χ3n) is 4.36. The molecule has 1 fully saturated rings. The van der Waals surface area contributed by atoms with Crippen LogP contribution in [0, 0.1) is 5.92 Å². The third-order valence-corrected chi connectivity index (χ3v) is 4.36. The lowest BCUT2D eigenvalue weighted by Gasteiger charge is -2.34. The van der Waals surface area contributed by atoms with Crippen LogP contribution >= 0.6 is 12.4 Å². The summed E-state index contributed by atoms with van der Waals surface area (Å²) in [6.45, 7) is 6.49. The first-order valence-corrected chi connectivity index (χ1v) is 8.39.